The van der Waals surface area contributed by atoms with E-state index in [0.717, 1.165) is 16.3 Å². The highest BCUT2D eigenvalue weighted by atomic mass is 32.1. The average Bonchev–Trinajstić information content (AvgIpc) is 3.22. The van der Waals surface area contributed by atoms with Crippen molar-refractivity contribution < 1.29 is 14.7 Å². The zero-order valence-corrected chi connectivity index (χ0v) is 12.7. The van der Waals surface area contributed by atoms with Gasteiger partial charge in [-0.1, -0.05) is 30.3 Å². The molecule has 22 heavy (non-hydrogen) atoms. The third kappa shape index (κ3) is 2.87. The first-order valence-electron chi connectivity index (χ1n) is 7.13. The van der Waals surface area contributed by atoms with Gasteiger partial charge in [-0.2, -0.15) is 0 Å². The van der Waals surface area contributed by atoms with E-state index >= 15 is 0 Å². The Bertz CT molecular complexity index is 692. The number of benzene rings is 1. The van der Waals surface area contributed by atoms with Gasteiger partial charge in [-0.25, -0.2) is 4.98 Å². The lowest BCUT2D eigenvalue weighted by atomic mass is 10.1. The molecule has 2 N–H and O–H groups in total. The Kier molecular flexibility index (Phi) is 3.94. The molecular weight excluding hydrogens is 300 g/mol. The third-order valence-corrected chi connectivity index (χ3v) is 4.77. The number of carbonyl (C=O) groups is 2. The maximum atomic E-state index is 11.9. The maximum absolute atomic E-state index is 11.9. The van der Waals surface area contributed by atoms with Gasteiger partial charge in [0.1, 0.15) is 10.4 Å². The fourth-order valence-electron chi connectivity index (χ4n) is 2.27. The van der Waals surface area contributed by atoms with Crippen molar-refractivity contribution in [3.8, 4) is 10.6 Å². The molecule has 0 unspecified atom stereocenters. The van der Waals surface area contributed by atoms with Crippen molar-refractivity contribution >= 4 is 23.2 Å². The summed E-state index contributed by atoms with van der Waals surface area (Å²) < 4.78 is 0. The zero-order chi connectivity index (χ0) is 15.6. The Labute approximate surface area is 132 Å². The van der Waals surface area contributed by atoms with E-state index in [1.165, 1.54) is 0 Å². The molecule has 1 amide bonds. The topological polar surface area (TPSA) is 79.3 Å². The molecule has 0 spiro atoms. The van der Waals surface area contributed by atoms with E-state index in [4.69, 9.17) is 5.11 Å². The minimum atomic E-state index is -1.17. The molecule has 114 valence electrons. The van der Waals surface area contributed by atoms with Crippen molar-refractivity contribution in [2.75, 3.05) is 6.54 Å². The van der Waals surface area contributed by atoms with Gasteiger partial charge in [0.2, 0.25) is 5.91 Å². The largest absolute Gasteiger partial charge is 0.480 e. The standard InChI is InChI=1S/C16H16N2O3S/c19-14(16(7-8-16)15(20)21)17-9-6-12-10-22-13(18-12)11-4-2-1-3-5-11/h1-5,10H,6-9H2,(H,17,19)(H,20,21). The Morgan fingerprint density at radius 2 is 2.00 bits per heavy atom. The van der Waals surface area contributed by atoms with Crippen LogP contribution < -0.4 is 5.32 Å². The molecule has 1 fully saturated rings. The number of carboxylic acids is 1. The number of hydrogen-bond donors (Lipinski definition) is 2. The van der Waals surface area contributed by atoms with Crippen LogP contribution in [-0.4, -0.2) is 28.5 Å². The van der Waals surface area contributed by atoms with Crippen molar-refractivity contribution in [1.82, 2.24) is 10.3 Å². The first kappa shape index (κ1) is 14.7. The van der Waals surface area contributed by atoms with Crippen LogP contribution in [0.5, 0.6) is 0 Å². The summed E-state index contributed by atoms with van der Waals surface area (Å²) in [7, 11) is 0. The molecule has 0 atom stereocenters. The number of thiazole rings is 1. The van der Waals surface area contributed by atoms with Gasteiger partial charge < -0.3 is 10.4 Å². The Morgan fingerprint density at radius 1 is 1.27 bits per heavy atom. The lowest BCUT2D eigenvalue weighted by Gasteiger charge is -2.09. The smallest absolute Gasteiger partial charge is 0.319 e. The molecule has 2 aromatic rings. The highest BCUT2D eigenvalue weighted by Gasteiger charge is 2.56. The van der Waals surface area contributed by atoms with E-state index in [1.54, 1.807) is 11.3 Å². The Morgan fingerprint density at radius 3 is 2.64 bits per heavy atom. The van der Waals surface area contributed by atoms with E-state index in [0.29, 0.717) is 25.8 Å². The predicted octanol–water partition coefficient (Wildman–Crippen LogP) is 2.33. The van der Waals surface area contributed by atoms with Crippen molar-refractivity contribution in [2.45, 2.75) is 19.3 Å². The zero-order valence-electron chi connectivity index (χ0n) is 11.9. The van der Waals surface area contributed by atoms with Crippen LogP contribution in [0.15, 0.2) is 35.7 Å². The summed E-state index contributed by atoms with van der Waals surface area (Å²) in [4.78, 5) is 27.5. The molecule has 1 aliphatic rings. The monoisotopic (exact) mass is 316 g/mol. The van der Waals surface area contributed by atoms with Crippen LogP contribution in [0.1, 0.15) is 18.5 Å². The molecule has 3 rings (SSSR count). The number of hydrogen-bond acceptors (Lipinski definition) is 4. The van der Waals surface area contributed by atoms with Crippen molar-refractivity contribution in [2.24, 2.45) is 5.41 Å². The molecule has 6 heteroatoms. The van der Waals surface area contributed by atoms with E-state index in [9.17, 15) is 9.59 Å². The van der Waals surface area contributed by atoms with Crippen molar-refractivity contribution in [3.63, 3.8) is 0 Å². The molecular formula is C16H16N2O3S. The predicted molar refractivity (Wildman–Crippen MR) is 83.6 cm³/mol. The fraction of sp³-hybridized carbons (Fsp3) is 0.312. The molecule has 1 saturated carbocycles. The molecule has 0 bridgehead atoms. The number of rotatable bonds is 6. The van der Waals surface area contributed by atoms with E-state index < -0.39 is 11.4 Å². The minimum Gasteiger partial charge on any atom is -0.480 e. The van der Waals surface area contributed by atoms with E-state index in [2.05, 4.69) is 10.3 Å². The summed E-state index contributed by atoms with van der Waals surface area (Å²) in [5, 5.41) is 14.7. The highest BCUT2D eigenvalue weighted by Crippen LogP contribution is 2.46. The van der Waals surface area contributed by atoms with Gasteiger partial charge in [-0.15, -0.1) is 11.3 Å². The number of aliphatic carboxylic acids is 1. The van der Waals surface area contributed by atoms with Crippen LogP contribution in [0.3, 0.4) is 0 Å². The first-order chi connectivity index (χ1) is 10.6. The lowest BCUT2D eigenvalue weighted by Crippen LogP contribution is -2.37. The molecule has 0 saturated heterocycles. The van der Waals surface area contributed by atoms with Crippen LogP contribution >= 0.6 is 11.3 Å². The average molecular weight is 316 g/mol. The number of amides is 1. The molecule has 1 aromatic heterocycles. The second-order valence-electron chi connectivity index (χ2n) is 5.40. The molecule has 0 radical (unpaired) electrons. The molecule has 1 heterocycles. The summed E-state index contributed by atoms with van der Waals surface area (Å²) in [6.45, 7) is 0.409. The van der Waals surface area contributed by atoms with Gasteiger partial charge in [-0.3, -0.25) is 9.59 Å². The van der Waals surface area contributed by atoms with Crippen LogP contribution in [-0.2, 0) is 16.0 Å². The molecule has 5 nitrogen and oxygen atoms in total. The normalized spacial score (nSPS) is 15.3. The van der Waals surface area contributed by atoms with Gasteiger partial charge in [0.25, 0.3) is 0 Å². The highest BCUT2D eigenvalue weighted by molar-refractivity contribution is 7.13. The van der Waals surface area contributed by atoms with E-state index in [1.807, 2.05) is 35.7 Å². The summed E-state index contributed by atoms with van der Waals surface area (Å²) >= 11 is 1.57. The number of aromatic nitrogens is 1. The SMILES string of the molecule is O=C(O)C1(C(=O)NCCc2csc(-c3ccccc3)n2)CC1. The summed E-state index contributed by atoms with van der Waals surface area (Å²) in [5.74, 6) is -1.40. The van der Waals surface area contributed by atoms with Crippen LogP contribution in [0.25, 0.3) is 10.6 Å². The van der Waals surface area contributed by atoms with Gasteiger partial charge in [-0.05, 0) is 12.8 Å². The van der Waals surface area contributed by atoms with Crippen LogP contribution in [0.4, 0.5) is 0 Å². The van der Waals surface area contributed by atoms with Crippen LogP contribution in [0, 0.1) is 5.41 Å². The number of nitrogens with one attached hydrogen (secondary N) is 1. The molecule has 1 aliphatic carbocycles. The molecule has 0 aliphatic heterocycles. The Hall–Kier alpha value is -2.21. The van der Waals surface area contributed by atoms with Gasteiger partial charge in [0, 0.05) is 23.9 Å². The second kappa shape index (κ2) is 5.88. The van der Waals surface area contributed by atoms with Crippen LogP contribution in [0.2, 0.25) is 0 Å². The number of carboxylic acid groups (broad SMARTS) is 1. The summed E-state index contributed by atoms with van der Waals surface area (Å²) in [6.07, 6.45) is 1.47. The lowest BCUT2D eigenvalue weighted by molar-refractivity contribution is -0.149. The van der Waals surface area contributed by atoms with E-state index in [-0.39, 0.29) is 5.91 Å². The quantitative estimate of drug-likeness (QED) is 0.802. The third-order valence-electron chi connectivity index (χ3n) is 3.83. The first-order valence-corrected chi connectivity index (χ1v) is 8.01. The van der Waals surface area contributed by atoms with Crippen molar-refractivity contribution in [1.29, 1.82) is 0 Å². The second-order valence-corrected chi connectivity index (χ2v) is 6.26. The van der Waals surface area contributed by atoms with Gasteiger partial charge in [0.05, 0.1) is 5.69 Å². The minimum absolute atomic E-state index is 0.376. The summed E-state index contributed by atoms with van der Waals surface area (Å²) in [6, 6.07) is 9.92. The number of carbonyl (C=O) groups excluding carboxylic acids is 1. The van der Waals surface area contributed by atoms with Gasteiger partial charge >= 0.3 is 5.97 Å². The molecule has 1 aromatic carbocycles. The Balaban J connectivity index is 1.54. The van der Waals surface area contributed by atoms with Gasteiger partial charge in [0.15, 0.2) is 0 Å². The maximum Gasteiger partial charge on any atom is 0.319 e. The van der Waals surface area contributed by atoms with Crippen molar-refractivity contribution in [3.05, 3.63) is 41.4 Å². The fourth-order valence-corrected chi connectivity index (χ4v) is 3.13. The summed E-state index contributed by atoms with van der Waals surface area (Å²) in [5.41, 5.74) is 0.812. The number of nitrogens with zero attached hydrogens (tertiary/aromatic N) is 1.